The van der Waals surface area contributed by atoms with Crippen LogP contribution in [0, 0.1) is 5.92 Å². The molecule has 0 N–H and O–H groups in total. The Morgan fingerprint density at radius 1 is 1.32 bits per heavy atom. The number of allylic oxidation sites excluding steroid dienone is 1. The number of nitrogens with zero attached hydrogens (tertiary/aromatic N) is 1. The molecule has 1 saturated heterocycles. The number of hydrogen-bond acceptors (Lipinski definition) is 3. The van der Waals surface area contributed by atoms with E-state index in [1.165, 1.54) is 0 Å². The van der Waals surface area contributed by atoms with Gasteiger partial charge in [-0.1, -0.05) is 25.5 Å². The van der Waals surface area contributed by atoms with Crippen LogP contribution in [0.15, 0.2) is 12.2 Å². The van der Waals surface area contributed by atoms with E-state index in [-0.39, 0.29) is 29.9 Å². The highest BCUT2D eigenvalue weighted by molar-refractivity contribution is 5.87. The number of ether oxygens (including phenoxy) is 1. The topological polar surface area (TPSA) is 46.6 Å². The SMILES string of the molecule is CCC[C@@H]1[C@H]2C(=O)N1CC/C=C\CCC(=O)O[C@@H]2C. The fourth-order valence-corrected chi connectivity index (χ4v) is 3.04. The van der Waals surface area contributed by atoms with Gasteiger partial charge in [0.25, 0.3) is 0 Å². The molecule has 0 aromatic carbocycles. The van der Waals surface area contributed by atoms with Gasteiger partial charge in [-0.05, 0) is 26.2 Å². The van der Waals surface area contributed by atoms with Gasteiger partial charge in [-0.25, -0.2) is 0 Å². The number of esters is 1. The van der Waals surface area contributed by atoms with Gasteiger partial charge in [0.05, 0.1) is 5.92 Å². The van der Waals surface area contributed by atoms with Crippen LogP contribution in [-0.2, 0) is 14.3 Å². The highest BCUT2D eigenvalue weighted by Crippen LogP contribution is 2.34. The maximum Gasteiger partial charge on any atom is 0.306 e. The second-order valence-electron chi connectivity index (χ2n) is 5.41. The van der Waals surface area contributed by atoms with Crippen molar-refractivity contribution >= 4 is 11.9 Å². The number of carbonyl (C=O) groups is 2. The van der Waals surface area contributed by atoms with Crippen molar-refractivity contribution in [2.75, 3.05) is 6.54 Å². The average Bonchev–Trinajstić information content (AvgIpc) is 2.35. The van der Waals surface area contributed by atoms with Crippen molar-refractivity contribution in [1.29, 1.82) is 0 Å². The van der Waals surface area contributed by atoms with Crippen LogP contribution in [0.2, 0.25) is 0 Å². The van der Waals surface area contributed by atoms with Crippen molar-refractivity contribution < 1.29 is 14.3 Å². The first-order valence-electron chi connectivity index (χ1n) is 7.30. The predicted molar refractivity (Wildman–Crippen MR) is 72.4 cm³/mol. The molecule has 2 bridgehead atoms. The van der Waals surface area contributed by atoms with E-state index in [0.717, 1.165) is 32.2 Å². The number of rotatable bonds is 2. The Bertz CT molecular complexity index is 378. The molecule has 0 aromatic rings. The van der Waals surface area contributed by atoms with Crippen LogP contribution in [0.25, 0.3) is 0 Å². The molecule has 4 heteroatoms. The van der Waals surface area contributed by atoms with Gasteiger partial charge < -0.3 is 9.64 Å². The monoisotopic (exact) mass is 265 g/mol. The number of amides is 1. The molecule has 106 valence electrons. The van der Waals surface area contributed by atoms with Gasteiger partial charge >= 0.3 is 5.97 Å². The molecular formula is C15H23NO3. The Hall–Kier alpha value is -1.32. The lowest BCUT2D eigenvalue weighted by Crippen LogP contribution is -2.64. The second kappa shape index (κ2) is 6.22. The third kappa shape index (κ3) is 2.99. The molecule has 0 aromatic heterocycles. The summed E-state index contributed by atoms with van der Waals surface area (Å²) in [5, 5.41) is 0. The fraction of sp³-hybridized carbons (Fsp3) is 0.733. The van der Waals surface area contributed by atoms with Crippen molar-refractivity contribution in [3.05, 3.63) is 12.2 Å². The summed E-state index contributed by atoms with van der Waals surface area (Å²) in [6, 6.07) is 0.244. The smallest absolute Gasteiger partial charge is 0.306 e. The molecule has 0 unspecified atom stereocenters. The molecule has 0 radical (unpaired) electrons. The summed E-state index contributed by atoms with van der Waals surface area (Å²) >= 11 is 0. The lowest BCUT2D eigenvalue weighted by molar-refractivity contribution is -0.173. The maximum absolute atomic E-state index is 12.2. The number of fused-ring (bicyclic) bond motifs is 7. The zero-order chi connectivity index (χ0) is 13.8. The van der Waals surface area contributed by atoms with Gasteiger partial charge in [-0.15, -0.1) is 0 Å². The molecule has 1 amide bonds. The van der Waals surface area contributed by atoms with Crippen LogP contribution >= 0.6 is 0 Å². The standard InChI is InChI=1S/C15H23NO3/c1-3-8-12-14-11(2)19-13(17)9-6-4-5-7-10-16(12)15(14)18/h4-5,11-12,14H,3,6-10H2,1-2H3/b5-4-/t11-,12-,14+/m1/s1. The molecule has 3 aliphatic heterocycles. The molecule has 0 saturated carbocycles. The van der Waals surface area contributed by atoms with E-state index in [9.17, 15) is 9.59 Å². The fourth-order valence-electron chi connectivity index (χ4n) is 3.04. The second-order valence-corrected chi connectivity index (χ2v) is 5.41. The Kier molecular flexibility index (Phi) is 4.61. The molecule has 3 rings (SSSR count). The molecule has 1 fully saturated rings. The van der Waals surface area contributed by atoms with Gasteiger partial charge in [-0.3, -0.25) is 9.59 Å². The van der Waals surface area contributed by atoms with Crippen molar-refractivity contribution in [2.45, 2.75) is 58.1 Å². The zero-order valence-corrected chi connectivity index (χ0v) is 11.8. The van der Waals surface area contributed by atoms with Crippen LogP contribution in [0.5, 0.6) is 0 Å². The molecule has 0 aliphatic carbocycles. The van der Waals surface area contributed by atoms with E-state index in [0.29, 0.717) is 6.42 Å². The predicted octanol–water partition coefficient (Wildman–Crippen LogP) is 2.29. The third-order valence-corrected chi connectivity index (χ3v) is 4.01. The van der Waals surface area contributed by atoms with E-state index in [1.54, 1.807) is 0 Å². The lowest BCUT2D eigenvalue weighted by Gasteiger charge is -2.49. The highest BCUT2D eigenvalue weighted by Gasteiger charge is 2.49. The van der Waals surface area contributed by atoms with Crippen LogP contribution in [0.3, 0.4) is 0 Å². The lowest BCUT2D eigenvalue weighted by atomic mass is 9.80. The van der Waals surface area contributed by atoms with E-state index in [1.807, 2.05) is 17.9 Å². The first-order valence-corrected chi connectivity index (χ1v) is 7.30. The molecule has 0 spiro atoms. The van der Waals surface area contributed by atoms with Crippen molar-refractivity contribution in [3.8, 4) is 0 Å². The zero-order valence-electron chi connectivity index (χ0n) is 11.8. The highest BCUT2D eigenvalue weighted by atomic mass is 16.5. The Labute approximate surface area is 114 Å². The van der Waals surface area contributed by atoms with E-state index >= 15 is 0 Å². The van der Waals surface area contributed by atoms with Crippen molar-refractivity contribution in [2.24, 2.45) is 5.92 Å². The minimum absolute atomic E-state index is 0.132. The Morgan fingerprint density at radius 2 is 2.05 bits per heavy atom. The van der Waals surface area contributed by atoms with E-state index in [4.69, 9.17) is 4.74 Å². The summed E-state index contributed by atoms with van der Waals surface area (Å²) < 4.78 is 5.40. The average molecular weight is 265 g/mol. The van der Waals surface area contributed by atoms with Gasteiger partial charge in [-0.2, -0.15) is 0 Å². The van der Waals surface area contributed by atoms with Crippen LogP contribution in [0.1, 0.15) is 46.0 Å². The number of hydrogen-bond donors (Lipinski definition) is 0. The van der Waals surface area contributed by atoms with Crippen LogP contribution < -0.4 is 0 Å². The minimum Gasteiger partial charge on any atom is -0.462 e. The molecule has 19 heavy (non-hydrogen) atoms. The van der Waals surface area contributed by atoms with Gasteiger partial charge in [0.2, 0.25) is 5.91 Å². The Morgan fingerprint density at radius 3 is 2.79 bits per heavy atom. The molecule has 3 aliphatic rings. The largest absolute Gasteiger partial charge is 0.462 e. The normalized spacial score (nSPS) is 33.8. The van der Waals surface area contributed by atoms with Crippen molar-refractivity contribution in [3.63, 3.8) is 0 Å². The van der Waals surface area contributed by atoms with Crippen LogP contribution in [-0.4, -0.2) is 35.5 Å². The first-order chi connectivity index (χ1) is 9.15. The summed E-state index contributed by atoms with van der Waals surface area (Å²) in [4.78, 5) is 25.8. The van der Waals surface area contributed by atoms with Crippen molar-refractivity contribution in [1.82, 2.24) is 4.90 Å². The molecular weight excluding hydrogens is 242 g/mol. The molecule has 3 atom stereocenters. The van der Waals surface area contributed by atoms with Crippen LogP contribution in [0.4, 0.5) is 0 Å². The molecule has 4 nitrogen and oxygen atoms in total. The number of β-lactam (4-membered cyclic amide) rings is 1. The third-order valence-electron chi connectivity index (χ3n) is 4.01. The first kappa shape index (κ1) is 14.1. The summed E-state index contributed by atoms with van der Waals surface area (Å²) in [7, 11) is 0. The maximum atomic E-state index is 12.2. The quantitative estimate of drug-likeness (QED) is 0.437. The van der Waals surface area contributed by atoms with Gasteiger partial charge in [0, 0.05) is 19.0 Å². The molecule has 3 heterocycles. The van der Waals surface area contributed by atoms with E-state index < -0.39 is 0 Å². The van der Waals surface area contributed by atoms with Gasteiger partial charge in [0.15, 0.2) is 0 Å². The van der Waals surface area contributed by atoms with Gasteiger partial charge in [0.1, 0.15) is 6.10 Å². The summed E-state index contributed by atoms with van der Waals surface area (Å²) in [6.45, 7) is 4.76. The number of carbonyl (C=O) groups excluding carboxylic acids is 2. The summed E-state index contributed by atoms with van der Waals surface area (Å²) in [5.74, 6) is -0.181. The summed E-state index contributed by atoms with van der Waals surface area (Å²) in [6.07, 6.45) is 7.81. The summed E-state index contributed by atoms with van der Waals surface area (Å²) in [5.41, 5.74) is 0. The Balaban J connectivity index is 2.12. The van der Waals surface area contributed by atoms with E-state index in [2.05, 4.69) is 13.0 Å². The minimum atomic E-state index is -0.295.